The number of fused-ring (bicyclic) bond motifs is 1. The summed E-state index contributed by atoms with van der Waals surface area (Å²) in [6.45, 7) is 1.45. The van der Waals surface area contributed by atoms with Crippen LogP contribution in [0, 0.1) is 24.4 Å². The van der Waals surface area contributed by atoms with Gasteiger partial charge in [-0.25, -0.2) is 21.6 Å². The van der Waals surface area contributed by atoms with Gasteiger partial charge in [-0.1, -0.05) is 23.7 Å². The number of halogens is 4. The van der Waals surface area contributed by atoms with Crippen molar-refractivity contribution in [3.63, 3.8) is 0 Å². The van der Waals surface area contributed by atoms with Crippen LogP contribution in [0.4, 0.5) is 13.2 Å². The smallest absolute Gasteiger partial charge is 0.289 e. The zero-order chi connectivity index (χ0) is 22.5. The van der Waals surface area contributed by atoms with Gasteiger partial charge >= 0.3 is 0 Å². The van der Waals surface area contributed by atoms with E-state index in [1.165, 1.54) is 4.90 Å². The highest BCUT2D eigenvalue weighted by Gasteiger charge is 2.34. The van der Waals surface area contributed by atoms with Gasteiger partial charge in [0.15, 0.2) is 28.8 Å². The summed E-state index contributed by atoms with van der Waals surface area (Å²) < 4.78 is 72.6. The summed E-state index contributed by atoms with van der Waals surface area (Å²) in [5.41, 5.74) is 1.00. The molecule has 1 aliphatic rings. The molecule has 31 heavy (non-hydrogen) atoms. The van der Waals surface area contributed by atoms with Crippen molar-refractivity contribution in [2.24, 2.45) is 0 Å². The van der Waals surface area contributed by atoms with Crippen molar-refractivity contribution in [1.82, 2.24) is 9.21 Å². The quantitative estimate of drug-likeness (QED) is 0.541. The van der Waals surface area contributed by atoms with Crippen molar-refractivity contribution in [3.05, 3.63) is 64.1 Å². The van der Waals surface area contributed by atoms with E-state index in [9.17, 15) is 26.4 Å². The third-order valence-electron chi connectivity index (χ3n) is 5.25. The lowest BCUT2D eigenvalue weighted by Crippen LogP contribution is -2.50. The molecule has 0 saturated carbocycles. The second-order valence-electron chi connectivity index (χ2n) is 7.04. The molecular formula is C20H16ClF3N2O4S. The summed E-state index contributed by atoms with van der Waals surface area (Å²) in [5, 5.41) is 1.06. The Kier molecular flexibility index (Phi) is 5.48. The van der Waals surface area contributed by atoms with E-state index < -0.39 is 38.3 Å². The fourth-order valence-electron chi connectivity index (χ4n) is 3.53. The number of rotatable bonds is 3. The van der Waals surface area contributed by atoms with Crippen molar-refractivity contribution in [2.45, 2.75) is 11.8 Å². The number of carbonyl (C=O) groups excluding carboxylic acids is 1. The molecule has 11 heteroatoms. The molecule has 2 heterocycles. The molecule has 1 fully saturated rings. The zero-order valence-corrected chi connectivity index (χ0v) is 17.7. The highest BCUT2D eigenvalue weighted by atomic mass is 35.5. The monoisotopic (exact) mass is 472 g/mol. The summed E-state index contributed by atoms with van der Waals surface area (Å²) in [6.07, 6.45) is 0. The van der Waals surface area contributed by atoms with Gasteiger partial charge in [0.2, 0.25) is 10.0 Å². The number of amides is 1. The molecule has 0 N–H and O–H groups in total. The van der Waals surface area contributed by atoms with E-state index in [2.05, 4.69) is 0 Å². The van der Waals surface area contributed by atoms with E-state index in [-0.39, 0.29) is 31.9 Å². The lowest BCUT2D eigenvalue weighted by atomic mass is 10.1. The van der Waals surface area contributed by atoms with Crippen LogP contribution in [0.5, 0.6) is 0 Å². The van der Waals surface area contributed by atoms with Gasteiger partial charge in [0.05, 0.1) is 5.02 Å². The molecule has 0 radical (unpaired) electrons. The Morgan fingerprint density at radius 1 is 1.03 bits per heavy atom. The zero-order valence-electron chi connectivity index (χ0n) is 16.2. The lowest BCUT2D eigenvalue weighted by molar-refractivity contribution is 0.0667. The molecular weight excluding hydrogens is 457 g/mol. The number of benzene rings is 2. The first-order valence-electron chi connectivity index (χ1n) is 9.23. The van der Waals surface area contributed by atoms with Gasteiger partial charge in [0, 0.05) is 37.1 Å². The van der Waals surface area contributed by atoms with Crippen molar-refractivity contribution in [2.75, 3.05) is 26.2 Å². The number of furan rings is 1. The molecule has 0 aliphatic carbocycles. The second kappa shape index (κ2) is 7.85. The predicted molar refractivity (Wildman–Crippen MR) is 107 cm³/mol. The minimum Gasteiger partial charge on any atom is -0.449 e. The first kappa shape index (κ1) is 21.7. The molecule has 2 aromatic carbocycles. The average molecular weight is 473 g/mol. The Labute approximate surface area is 180 Å². The van der Waals surface area contributed by atoms with E-state index in [4.69, 9.17) is 16.0 Å². The minimum absolute atomic E-state index is 0.00752. The van der Waals surface area contributed by atoms with Gasteiger partial charge < -0.3 is 9.32 Å². The maximum atomic E-state index is 14.0. The molecule has 0 bridgehead atoms. The normalized spacial score (nSPS) is 15.6. The van der Waals surface area contributed by atoms with Gasteiger partial charge in [0.25, 0.3) is 5.91 Å². The molecule has 0 atom stereocenters. The molecule has 1 aliphatic heterocycles. The van der Waals surface area contributed by atoms with Crippen LogP contribution in [0.3, 0.4) is 0 Å². The molecule has 1 saturated heterocycles. The largest absolute Gasteiger partial charge is 0.449 e. The third-order valence-corrected chi connectivity index (χ3v) is 7.47. The van der Waals surface area contributed by atoms with Crippen molar-refractivity contribution >= 4 is 38.5 Å². The minimum atomic E-state index is -4.41. The van der Waals surface area contributed by atoms with Gasteiger partial charge in [-0.15, -0.1) is 0 Å². The number of aryl methyl sites for hydroxylation is 1. The maximum Gasteiger partial charge on any atom is 0.289 e. The van der Waals surface area contributed by atoms with E-state index in [1.807, 2.05) is 0 Å². The summed E-state index contributed by atoms with van der Waals surface area (Å²) >= 11 is 6.12. The first-order valence-corrected chi connectivity index (χ1v) is 11.0. The first-order chi connectivity index (χ1) is 14.6. The maximum absolute atomic E-state index is 14.0. The molecule has 0 spiro atoms. The average Bonchev–Trinajstić information content (AvgIpc) is 3.09. The molecule has 1 aromatic heterocycles. The number of carbonyl (C=O) groups is 1. The van der Waals surface area contributed by atoms with E-state index in [1.54, 1.807) is 25.1 Å². The number of para-hydroxylation sites is 1. The SMILES string of the molecule is Cc1c(C(=O)N2CCN(S(=O)(=O)c3ccc(F)c(F)c3F)CC2)oc2c(Cl)cccc12. The fraction of sp³-hybridized carbons (Fsp3) is 0.250. The van der Waals surface area contributed by atoms with Crippen LogP contribution >= 0.6 is 11.6 Å². The van der Waals surface area contributed by atoms with E-state index in [0.29, 0.717) is 33.7 Å². The molecule has 164 valence electrons. The molecule has 1 amide bonds. The van der Waals surface area contributed by atoms with Crippen LogP contribution in [0.15, 0.2) is 39.6 Å². The molecule has 0 unspecified atom stereocenters. The molecule has 6 nitrogen and oxygen atoms in total. The van der Waals surface area contributed by atoms with Gasteiger partial charge in [0.1, 0.15) is 4.90 Å². The Balaban J connectivity index is 1.54. The highest BCUT2D eigenvalue weighted by molar-refractivity contribution is 7.89. The Morgan fingerprint density at radius 3 is 2.35 bits per heavy atom. The van der Waals surface area contributed by atoms with Crippen LogP contribution in [0.25, 0.3) is 11.0 Å². The Bertz CT molecular complexity index is 1300. The highest BCUT2D eigenvalue weighted by Crippen LogP contribution is 2.32. The number of sulfonamides is 1. The van der Waals surface area contributed by atoms with E-state index in [0.717, 1.165) is 4.31 Å². The van der Waals surface area contributed by atoms with Gasteiger partial charge in [-0.3, -0.25) is 4.79 Å². The summed E-state index contributed by atoms with van der Waals surface area (Å²) in [5.74, 6) is -5.43. The number of hydrogen-bond acceptors (Lipinski definition) is 4. The molecule has 3 aromatic rings. The Morgan fingerprint density at radius 2 is 1.71 bits per heavy atom. The Hall–Kier alpha value is -2.56. The van der Waals surface area contributed by atoms with E-state index >= 15 is 0 Å². The van der Waals surface area contributed by atoms with Crippen molar-refractivity contribution in [1.29, 1.82) is 0 Å². The predicted octanol–water partition coefficient (Wildman–Crippen LogP) is 3.96. The van der Waals surface area contributed by atoms with Gasteiger partial charge in [-0.2, -0.15) is 4.31 Å². The summed E-state index contributed by atoms with van der Waals surface area (Å²) in [4.78, 5) is 13.4. The topological polar surface area (TPSA) is 70.8 Å². The van der Waals surface area contributed by atoms with Crippen molar-refractivity contribution in [3.8, 4) is 0 Å². The van der Waals surface area contributed by atoms with Crippen molar-refractivity contribution < 1.29 is 30.8 Å². The second-order valence-corrected chi connectivity index (χ2v) is 9.36. The van der Waals surface area contributed by atoms with Crippen LogP contribution in [0.2, 0.25) is 5.02 Å². The van der Waals surface area contributed by atoms with Crippen LogP contribution in [-0.4, -0.2) is 49.7 Å². The standard InChI is InChI=1S/C20H16ClF3N2O4S/c1-11-12-3-2-4-13(21)19(12)30-18(11)20(27)25-7-9-26(10-8-25)31(28,29)15-6-5-14(22)16(23)17(15)24/h2-6H,7-10H2,1H3. The van der Waals surface area contributed by atoms with Crippen LogP contribution in [-0.2, 0) is 10.0 Å². The summed E-state index contributed by atoms with van der Waals surface area (Å²) in [7, 11) is -4.41. The third kappa shape index (κ3) is 3.58. The number of hydrogen-bond donors (Lipinski definition) is 0. The summed E-state index contributed by atoms with van der Waals surface area (Å²) in [6, 6.07) is 6.39. The van der Waals surface area contributed by atoms with Gasteiger partial charge in [-0.05, 0) is 25.1 Å². The number of nitrogens with zero attached hydrogens (tertiary/aromatic N) is 2. The lowest BCUT2D eigenvalue weighted by Gasteiger charge is -2.33. The fourth-order valence-corrected chi connectivity index (χ4v) is 5.23. The molecule has 4 rings (SSSR count). The number of piperazine rings is 1. The van der Waals surface area contributed by atoms with Crippen LogP contribution < -0.4 is 0 Å². The van der Waals surface area contributed by atoms with Crippen LogP contribution in [0.1, 0.15) is 16.1 Å².